The van der Waals surface area contributed by atoms with Gasteiger partial charge >= 0.3 is 0 Å². The first-order valence-electron chi connectivity index (χ1n) is 8.75. The monoisotopic (exact) mass is 343 g/mol. The third kappa shape index (κ3) is 5.29. The molecule has 0 fully saturated rings. The van der Waals surface area contributed by atoms with Gasteiger partial charge in [-0.1, -0.05) is 44.2 Å². The molecule has 0 spiro atoms. The zero-order valence-corrected chi connectivity index (χ0v) is 15.6. The van der Waals surface area contributed by atoms with E-state index in [1.807, 2.05) is 7.05 Å². The fraction of sp³-hybridized carbons (Fsp3) is 0.500. The van der Waals surface area contributed by atoms with Crippen molar-refractivity contribution in [3.05, 3.63) is 48.0 Å². The number of nitrogens with zero attached hydrogens (tertiary/aromatic N) is 5. The summed E-state index contributed by atoms with van der Waals surface area (Å²) in [5.74, 6) is 1.63. The van der Waals surface area contributed by atoms with E-state index in [1.54, 1.807) is 18.1 Å². The van der Waals surface area contributed by atoms with Crippen molar-refractivity contribution in [1.82, 2.24) is 30.3 Å². The standard InChI is InChI=1S/C18H29N7/c1-5-25(6-2)16(15-10-8-7-9-11-15)12-20-18(19-3)21-13-17-22-14-23-24(17)4/h7-11,14,16H,5-6,12-13H2,1-4H3,(H2,19,20,21). The Labute approximate surface area is 150 Å². The first kappa shape index (κ1) is 18.9. The first-order valence-corrected chi connectivity index (χ1v) is 8.75. The van der Waals surface area contributed by atoms with Gasteiger partial charge in [0.1, 0.15) is 12.2 Å². The highest BCUT2D eigenvalue weighted by Gasteiger charge is 2.18. The molecule has 2 N–H and O–H groups in total. The van der Waals surface area contributed by atoms with Gasteiger partial charge in [-0.05, 0) is 18.7 Å². The Morgan fingerprint density at radius 3 is 2.48 bits per heavy atom. The summed E-state index contributed by atoms with van der Waals surface area (Å²) in [7, 11) is 3.66. The molecule has 2 rings (SSSR count). The molecule has 0 saturated carbocycles. The number of rotatable bonds is 8. The number of aryl methyl sites for hydroxylation is 1. The van der Waals surface area contributed by atoms with Crippen molar-refractivity contribution in [3.8, 4) is 0 Å². The van der Waals surface area contributed by atoms with Gasteiger partial charge < -0.3 is 10.6 Å². The van der Waals surface area contributed by atoms with Crippen LogP contribution >= 0.6 is 0 Å². The fourth-order valence-corrected chi connectivity index (χ4v) is 2.85. The van der Waals surface area contributed by atoms with Crippen molar-refractivity contribution in [2.75, 3.05) is 26.7 Å². The summed E-state index contributed by atoms with van der Waals surface area (Å²) in [5.41, 5.74) is 1.31. The van der Waals surface area contributed by atoms with Gasteiger partial charge in [-0.2, -0.15) is 5.10 Å². The molecule has 0 saturated heterocycles. The van der Waals surface area contributed by atoms with Gasteiger partial charge in [0, 0.05) is 20.6 Å². The average molecular weight is 343 g/mol. The van der Waals surface area contributed by atoms with E-state index in [1.165, 1.54) is 5.56 Å². The van der Waals surface area contributed by atoms with E-state index in [9.17, 15) is 0 Å². The lowest BCUT2D eigenvalue weighted by atomic mass is 10.1. The van der Waals surface area contributed by atoms with Gasteiger partial charge in [0.2, 0.25) is 0 Å². The summed E-state index contributed by atoms with van der Waals surface area (Å²) >= 11 is 0. The van der Waals surface area contributed by atoms with Crippen LogP contribution < -0.4 is 10.6 Å². The SMILES string of the molecule is CCN(CC)C(CNC(=NC)NCc1ncnn1C)c1ccccc1. The smallest absolute Gasteiger partial charge is 0.191 e. The molecular weight excluding hydrogens is 314 g/mol. The van der Waals surface area contributed by atoms with Crippen LogP contribution in [0.15, 0.2) is 41.7 Å². The number of hydrogen-bond donors (Lipinski definition) is 2. The maximum Gasteiger partial charge on any atom is 0.191 e. The molecule has 1 aromatic heterocycles. The molecule has 1 atom stereocenters. The second kappa shape index (κ2) is 9.78. The molecule has 1 aromatic carbocycles. The first-order chi connectivity index (χ1) is 12.2. The van der Waals surface area contributed by atoms with E-state index in [0.717, 1.165) is 31.4 Å². The summed E-state index contributed by atoms with van der Waals surface area (Å²) in [6, 6.07) is 10.9. The highest BCUT2D eigenvalue weighted by molar-refractivity contribution is 5.79. The number of guanidine groups is 1. The van der Waals surface area contributed by atoms with Gasteiger partial charge in [0.25, 0.3) is 0 Å². The summed E-state index contributed by atoms with van der Waals surface area (Å²) in [4.78, 5) is 11.0. The predicted molar refractivity (Wildman–Crippen MR) is 101 cm³/mol. The second-order valence-electron chi connectivity index (χ2n) is 5.75. The molecule has 1 heterocycles. The molecule has 0 bridgehead atoms. The van der Waals surface area contributed by atoms with Gasteiger partial charge in [-0.15, -0.1) is 0 Å². The van der Waals surface area contributed by atoms with Crippen molar-refractivity contribution < 1.29 is 0 Å². The van der Waals surface area contributed by atoms with Crippen LogP contribution in [-0.4, -0.2) is 52.3 Å². The Balaban J connectivity index is 1.99. The van der Waals surface area contributed by atoms with Gasteiger partial charge in [0.05, 0.1) is 12.6 Å². The molecule has 0 aliphatic rings. The molecule has 2 aromatic rings. The summed E-state index contributed by atoms with van der Waals surface area (Å²) in [6.45, 7) is 7.76. The molecule has 7 nitrogen and oxygen atoms in total. The minimum absolute atomic E-state index is 0.296. The highest BCUT2D eigenvalue weighted by atomic mass is 15.3. The summed E-state index contributed by atoms with van der Waals surface area (Å²) < 4.78 is 1.75. The normalized spacial score (nSPS) is 13.1. The third-order valence-corrected chi connectivity index (χ3v) is 4.34. The molecule has 7 heteroatoms. The number of hydrogen-bond acceptors (Lipinski definition) is 4. The zero-order chi connectivity index (χ0) is 18.1. The molecule has 0 aliphatic carbocycles. The lowest BCUT2D eigenvalue weighted by molar-refractivity contribution is 0.219. The molecule has 0 radical (unpaired) electrons. The quantitative estimate of drug-likeness (QED) is 0.562. The van der Waals surface area contributed by atoms with Gasteiger partial charge in [-0.25, -0.2) is 4.98 Å². The van der Waals surface area contributed by atoms with Crippen molar-refractivity contribution in [2.45, 2.75) is 26.4 Å². The number of nitrogens with one attached hydrogen (secondary N) is 2. The highest BCUT2D eigenvalue weighted by Crippen LogP contribution is 2.19. The average Bonchev–Trinajstić information content (AvgIpc) is 3.06. The van der Waals surface area contributed by atoms with Crippen LogP contribution in [0.25, 0.3) is 0 Å². The van der Waals surface area contributed by atoms with Crippen LogP contribution in [0.3, 0.4) is 0 Å². The Bertz CT molecular complexity index is 646. The Morgan fingerprint density at radius 1 is 1.20 bits per heavy atom. The van der Waals surface area contributed by atoms with E-state index in [0.29, 0.717) is 12.6 Å². The largest absolute Gasteiger partial charge is 0.354 e. The maximum absolute atomic E-state index is 4.31. The Morgan fingerprint density at radius 2 is 1.92 bits per heavy atom. The van der Waals surface area contributed by atoms with Gasteiger partial charge in [-0.3, -0.25) is 14.6 Å². The molecule has 25 heavy (non-hydrogen) atoms. The number of benzene rings is 1. The molecule has 0 aliphatic heterocycles. The number of likely N-dealkylation sites (N-methyl/N-ethyl adjacent to an activating group) is 1. The van der Waals surface area contributed by atoms with E-state index >= 15 is 0 Å². The minimum Gasteiger partial charge on any atom is -0.354 e. The second-order valence-corrected chi connectivity index (χ2v) is 5.75. The summed E-state index contributed by atoms with van der Waals surface area (Å²) in [6.07, 6.45) is 1.55. The van der Waals surface area contributed by atoms with E-state index in [-0.39, 0.29) is 0 Å². The minimum atomic E-state index is 0.296. The van der Waals surface area contributed by atoms with Crippen LogP contribution in [0, 0.1) is 0 Å². The fourth-order valence-electron chi connectivity index (χ4n) is 2.85. The lowest BCUT2D eigenvalue weighted by Crippen LogP contribution is -2.43. The Hall–Kier alpha value is -2.41. The van der Waals surface area contributed by atoms with E-state index in [2.05, 4.69) is 74.8 Å². The van der Waals surface area contributed by atoms with Crippen LogP contribution in [0.5, 0.6) is 0 Å². The van der Waals surface area contributed by atoms with Gasteiger partial charge in [0.15, 0.2) is 5.96 Å². The topological polar surface area (TPSA) is 70.4 Å². The predicted octanol–water partition coefficient (Wildman–Crippen LogP) is 1.56. The molecule has 136 valence electrons. The lowest BCUT2D eigenvalue weighted by Gasteiger charge is -2.30. The number of aromatic nitrogens is 3. The zero-order valence-electron chi connectivity index (χ0n) is 15.6. The molecular formula is C18H29N7. The van der Waals surface area contributed by atoms with Crippen molar-refractivity contribution >= 4 is 5.96 Å². The molecule has 0 amide bonds. The summed E-state index contributed by atoms with van der Waals surface area (Å²) in [5, 5.41) is 10.8. The van der Waals surface area contributed by atoms with Crippen LogP contribution in [0.1, 0.15) is 31.3 Å². The molecule has 1 unspecified atom stereocenters. The number of aliphatic imine (C=N–C) groups is 1. The van der Waals surface area contributed by atoms with Crippen molar-refractivity contribution in [3.63, 3.8) is 0 Å². The van der Waals surface area contributed by atoms with E-state index < -0.39 is 0 Å². The Kier molecular flexibility index (Phi) is 7.40. The van der Waals surface area contributed by atoms with Crippen molar-refractivity contribution in [2.24, 2.45) is 12.0 Å². The van der Waals surface area contributed by atoms with Crippen LogP contribution in [-0.2, 0) is 13.6 Å². The van der Waals surface area contributed by atoms with Crippen LogP contribution in [0.2, 0.25) is 0 Å². The maximum atomic E-state index is 4.31. The third-order valence-electron chi connectivity index (χ3n) is 4.34. The van der Waals surface area contributed by atoms with E-state index in [4.69, 9.17) is 0 Å². The van der Waals surface area contributed by atoms with Crippen LogP contribution in [0.4, 0.5) is 0 Å². The van der Waals surface area contributed by atoms with Crippen molar-refractivity contribution in [1.29, 1.82) is 0 Å².